The van der Waals surface area contributed by atoms with Crippen molar-refractivity contribution in [2.45, 2.75) is 13.5 Å². The van der Waals surface area contributed by atoms with Gasteiger partial charge in [-0.05, 0) is 94.4 Å². The predicted molar refractivity (Wildman–Crippen MR) is 132 cm³/mol. The lowest BCUT2D eigenvalue weighted by Crippen LogP contribution is -2.19. The maximum absolute atomic E-state index is 12.3. The molecule has 4 nitrogen and oxygen atoms in total. The van der Waals surface area contributed by atoms with Crippen molar-refractivity contribution >= 4 is 57.2 Å². The maximum atomic E-state index is 12.3. The van der Waals surface area contributed by atoms with Crippen LogP contribution >= 0.6 is 34.4 Å². The molecular weight excluding hydrogens is 507 g/mol. The van der Waals surface area contributed by atoms with Crippen LogP contribution in [0.1, 0.15) is 16.7 Å². The first-order valence-corrected chi connectivity index (χ1v) is 11.3. The number of carbonyl (C=O) groups is 1. The van der Waals surface area contributed by atoms with E-state index in [9.17, 15) is 4.79 Å². The number of hydrogen-bond acceptors (Lipinski definition) is 4. The lowest BCUT2D eigenvalue weighted by molar-refractivity contribution is -0.115. The zero-order chi connectivity index (χ0) is 20.9. The molecule has 0 aromatic heterocycles. The molecule has 4 rings (SSSR count). The number of rotatable bonds is 5. The lowest BCUT2D eigenvalue weighted by Gasteiger charge is -2.07. The predicted octanol–water partition coefficient (Wildman–Crippen LogP) is 6.07. The zero-order valence-corrected chi connectivity index (χ0v) is 19.2. The summed E-state index contributed by atoms with van der Waals surface area (Å²) in [5, 5.41) is 3.43. The molecular formula is C24H19IN2O2S. The van der Waals surface area contributed by atoms with E-state index in [4.69, 9.17) is 4.74 Å². The Morgan fingerprint density at radius 3 is 2.50 bits per heavy atom. The molecule has 3 aromatic carbocycles. The fourth-order valence-electron chi connectivity index (χ4n) is 2.84. The van der Waals surface area contributed by atoms with Gasteiger partial charge in [-0.2, -0.15) is 0 Å². The van der Waals surface area contributed by atoms with Crippen molar-refractivity contribution in [3.8, 4) is 5.75 Å². The van der Waals surface area contributed by atoms with Gasteiger partial charge in [0.15, 0.2) is 5.17 Å². The lowest BCUT2D eigenvalue weighted by atomic mass is 10.2. The number of para-hydroxylation sites is 1. The molecule has 1 N–H and O–H groups in total. The molecule has 0 spiro atoms. The smallest absolute Gasteiger partial charge is 0.264 e. The highest BCUT2D eigenvalue weighted by Gasteiger charge is 2.23. The number of amidine groups is 1. The van der Waals surface area contributed by atoms with E-state index < -0.39 is 0 Å². The molecule has 6 heteroatoms. The number of halogens is 1. The molecule has 1 amide bonds. The van der Waals surface area contributed by atoms with Crippen LogP contribution in [0.15, 0.2) is 82.7 Å². The maximum Gasteiger partial charge on any atom is 0.264 e. The molecule has 1 saturated heterocycles. The number of thioether (sulfide) groups is 1. The topological polar surface area (TPSA) is 50.7 Å². The molecule has 1 aliphatic rings. The van der Waals surface area contributed by atoms with Crippen molar-refractivity contribution in [2.24, 2.45) is 4.99 Å². The van der Waals surface area contributed by atoms with Gasteiger partial charge >= 0.3 is 0 Å². The molecule has 3 aromatic rings. The molecule has 0 bridgehead atoms. The summed E-state index contributed by atoms with van der Waals surface area (Å²) in [4.78, 5) is 17.5. The van der Waals surface area contributed by atoms with Crippen LogP contribution in [0.4, 0.5) is 5.69 Å². The average molecular weight is 526 g/mol. The van der Waals surface area contributed by atoms with Crippen molar-refractivity contribution in [1.82, 2.24) is 5.32 Å². The molecule has 0 radical (unpaired) electrons. The number of nitrogens with zero attached hydrogens (tertiary/aromatic N) is 1. The van der Waals surface area contributed by atoms with Crippen LogP contribution in [0, 0.1) is 10.5 Å². The van der Waals surface area contributed by atoms with Gasteiger partial charge in [0.1, 0.15) is 12.4 Å². The second-order valence-corrected chi connectivity index (χ2v) is 9.03. The minimum atomic E-state index is -0.133. The van der Waals surface area contributed by atoms with Crippen molar-refractivity contribution < 1.29 is 9.53 Å². The summed E-state index contributed by atoms with van der Waals surface area (Å²) < 4.78 is 7.05. The van der Waals surface area contributed by atoms with E-state index in [1.54, 1.807) is 0 Å². The summed E-state index contributed by atoms with van der Waals surface area (Å²) in [5.41, 5.74) is 3.99. The Bertz CT molecular complexity index is 1120. The third-order valence-corrected chi connectivity index (χ3v) is 6.11. The Labute approximate surface area is 193 Å². The van der Waals surface area contributed by atoms with Crippen molar-refractivity contribution in [3.63, 3.8) is 0 Å². The Balaban J connectivity index is 1.41. The van der Waals surface area contributed by atoms with Crippen LogP contribution < -0.4 is 10.1 Å². The standard InChI is InChI=1S/C24H19IN2O2S/c1-16-4-2-3-5-21(16)26-24-27-23(28)22(30-24)14-17-8-12-20(13-9-17)29-15-18-6-10-19(25)11-7-18/h2-14H,15H2,1H3,(H,26,27,28)/b22-14-. The van der Waals surface area contributed by atoms with E-state index in [0.717, 1.165) is 28.1 Å². The van der Waals surface area contributed by atoms with E-state index in [0.29, 0.717) is 16.7 Å². The molecule has 150 valence electrons. The second-order valence-electron chi connectivity index (χ2n) is 6.75. The summed E-state index contributed by atoms with van der Waals surface area (Å²) in [6.07, 6.45) is 1.86. The minimum absolute atomic E-state index is 0.133. The molecule has 1 heterocycles. The van der Waals surface area contributed by atoms with Gasteiger partial charge in [0, 0.05) is 3.57 Å². The van der Waals surface area contributed by atoms with Crippen LogP contribution in [0.25, 0.3) is 6.08 Å². The van der Waals surface area contributed by atoms with E-state index in [1.165, 1.54) is 15.3 Å². The molecule has 0 saturated carbocycles. The first-order chi connectivity index (χ1) is 14.6. The van der Waals surface area contributed by atoms with Crippen molar-refractivity contribution in [2.75, 3.05) is 0 Å². The third kappa shape index (κ3) is 5.31. The number of aryl methyl sites for hydroxylation is 1. The van der Waals surface area contributed by atoms with Gasteiger partial charge in [0.2, 0.25) is 0 Å². The molecule has 1 aliphatic heterocycles. The molecule has 30 heavy (non-hydrogen) atoms. The first-order valence-electron chi connectivity index (χ1n) is 9.39. The summed E-state index contributed by atoms with van der Waals surface area (Å²) >= 11 is 3.63. The number of aliphatic imine (C=N–C) groups is 1. The Morgan fingerprint density at radius 1 is 1.03 bits per heavy atom. The summed E-state index contributed by atoms with van der Waals surface area (Å²) in [6, 6.07) is 23.8. The third-order valence-electron chi connectivity index (χ3n) is 4.48. The highest BCUT2D eigenvalue weighted by Crippen LogP contribution is 2.29. The summed E-state index contributed by atoms with van der Waals surface area (Å²) in [6.45, 7) is 2.52. The summed E-state index contributed by atoms with van der Waals surface area (Å²) in [5.74, 6) is 0.660. The van der Waals surface area contributed by atoms with Crippen LogP contribution in [0.3, 0.4) is 0 Å². The number of carbonyl (C=O) groups excluding carboxylic acids is 1. The zero-order valence-electron chi connectivity index (χ0n) is 16.3. The normalized spacial score (nSPS) is 16.1. The van der Waals surface area contributed by atoms with E-state index in [-0.39, 0.29) is 5.91 Å². The van der Waals surface area contributed by atoms with Gasteiger partial charge in [0.05, 0.1) is 10.6 Å². The summed E-state index contributed by atoms with van der Waals surface area (Å²) in [7, 11) is 0. The fraction of sp³-hybridized carbons (Fsp3) is 0.0833. The van der Waals surface area contributed by atoms with Gasteiger partial charge < -0.3 is 10.1 Å². The Hall–Kier alpha value is -2.58. The quantitative estimate of drug-likeness (QED) is 0.325. The number of ether oxygens (including phenoxy) is 1. The number of hydrogen-bond donors (Lipinski definition) is 1. The SMILES string of the molecule is Cc1ccccc1N=C1NC(=O)/C(=C/c2ccc(OCc3ccc(I)cc3)cc2)S1. The van der Waals surface area contributed by atoms with Crippen LogP contribution in [-0.2, 0) is 11.4 Å². The number of nitrogens with one attached hydrogen (secondary N) is 1. The largest absolute Gasteiger partial charge is 0.489 e. The van der Waals surface area contributed by atoms with Crippen molar-refractivity contribution in [1.29, 1.82) is 0 Å². The van der Waals surface area contributed by atoms with Gasteiger partial charge in [-0.1, -0.05) is 42.5 Å². The molecule has 0 unspecified atom stereocenters. The Morgan fingerprint density at radius 2 is 1.77 bits per heavy atom. The Kier molecular flexibility index (Phi) is 6.54. The highest BCUT2D eigenvalue weighted by atomic mass is 127. The van der Waals surface area contributed by atoms with E-state index >= 15 is 0 Å². The first kappa shape index (κ1) is 20.7. The van der Waals surface area contributed by atoms with E-state index in [1.807, 2.05) is 61.5 Å². The van der Waals surface area contributed by atoms with Crippen molar-refractivity contribution in [3.05, 3.63) is 98.0 Å². The van der Waals surface area contributed by atoms with Crippen LogP contribution in [-0.4, -0.2) is 11.1 Å². The monoisotopic (exact) mass is 526 g/mol. The van der Waals surface area contributed by atoms with Gasteiger partial charge in [-0.3, -0.25) is 4.79 Å². The fourth-order valence-corrected chi connectivity index (χ4v) is 4.03. The minimum Gasteiger partial charge on any atom is -0.489 e. The molecule has 0 atom stereocenters. The molecule has 1 fully saturated rings. The second kappa shape index (κ2) is 9.49. The van der Waals surface area contributed by atoms with Crippen LogP contribution in [0.5, 0.6) is 5.75 Å². The molecule has 0 aliphatic carbocycles. The van der Waals surface area contributed by atoms with E-state index in [2.05, 4.69) is 57.2 Å². The van der Waals surface area contributed by atoms with Gasteiger partial charge in [0.25, 0.3) is 5.91 Å². The number of amides is 1. The van der Waals surface area contributed by atoms with Gasteiger partial charge in [-0.15, -0.1) is 0 Å². The average Bonchev–Trinajstić information content (AvgIpc) is 3.09. The van der Waals surface area contributed by atoms with Crippen LogP contribution in [0.2, 0.25) is 0 Å². The number of benzene rings is 3. The highest BCUT2D eigenvalue weighted by molar-refractivity contribution is 14.1. The van der Waals surface area contributed by atoms with Gasteiger partial charge in [-0.25, -0.2) is 4.99 Å².